The molecule has 1 aliphatic carbocycles. The van der Waals surface area contributed by atoms with Crippen LogP contribution in [0.25, 0.3) is 0 Å². The van der Waals surface area contributed by atoms with Gasteiger partial charge in [0, 0.05) is 30.6 Å². The van der Waals surface area contributed by atoms with Crippen molar-refractivity contribution in [1.82, 2.24) is 5.32 Å². The van der Waals surface area contributed by atoms with Crippen molar-refractivity contribution in [2.75, 3.05) is 13.2 Å². The summed E-state index contributed by atoms with van der Waals surface area (Å²) in [6.07, 6.45) is 6.30. The third-order valence-corrected chi connectivity index (χ3v) is 4.66. The minimum absolute atomic E-state index is 0.0324. The lowest BCUT2D eigenvalue weighted by atomic mass is 9.95. The molecule has 2 aliphatic rings. The van der Waals surface area contributed by atoms with E-state index in [1.807, 2.05) is 18.2 Å². The predicted octanol–water partition coefficient (Wildman–Crippen LogP) is 2.29. The Kier molecular flexibility index (Phi) is 4.44. The van der Waals surface area contributed by atoms with Crippen molar-refractivity contribution in [2.45, 2.75) is 44.6 Å². The first-order valence-electron chi connectivity index (χ1n) is 7.95. The van der Waals surface area contributed by atoms with Crippen molar-refractivity contribution in [3.8, 4) is 5.75 Å². The smallest absolute Gasteiger partial charge is 0.251 e. The van der Waals surface area contributed by atoms with E-state index in [9.17, 15) is 9.90 Å². The zero-order valence-electron chi connectivity index (χ0n) is 12.3. The Morgan fingerprint density at radius 3 is 3.00 bits per heavy atom. The number of ether oxygens (including phenoxy) is 1. The average molecular weight is 289 g/mol. The molecule has 3 rings (SSSR count). The van der Waals surface area contributed by atoms with Crippen molar-refractivity contribution < 1.29 is 14.6 Å². The molecule has 114 valence electrons. The maximum absolute atomic E-state index is 12.5. The minimum Gasteiger partial charge on any atom is -0.493 e. The summed E-state index contributed by atoms with van der Waals surface area (Å²) in [6.45, 7) is 0.860. The topological polar surface area (TPSA) is 58.6 Å². The van der Waals surface area contributed by atoms with Crippen molar-refractivity contribution in [2.24, 2.45) is 5.92 Å². The van der Waals surface area contributed by atoms with Gasteiger partial charge in [0.05, 0.1) is 6.61 Å². The van der Waals surface area contributed by atoms with Gasteiger partial charge in [-0.2, -0.15) is 0 Å². The van der Waals surface area contributed by atoms with Crippen molar-refractivity contribution >= 4 is 5.91 Å². The van der Waals surface area contributed by atoms with E-state index >= 15 is 0 Å². The van der Waals surface area contributed by atoms with Gasteiger partial charge in [-0.05, 0) is 36.6 Å². The SMILES string of the molecule is O=C(NC1CCCCCC1CO)c1ccc2c(c1)CCO2. The molecule has 2 N–H and O–H groups in total. The Balaban J connectivity index is 1.70. The summed E-state index contributed by atoms with van der Waals surface area (Å²) < 4.78 is 5.47. The normalized spacial score (nSPS) is 24.8. The van der Waals surface area contributed by atoms with Gasteiger partial charge >= 0.3 is 0 Å². The second kappa shape index (κ2) is 6.48. The Morgan fingerprint density at radius 2 is 2.14 bits per heavy atom. The van der Waals surface area contributed by atoms with Gasteiger partial charge in [-0.15, -0.1) is 0 Å². The van der Waals surface area contributed by atoms with Crippen LogP contribution in [0.5, 0.6) is 5.75 Å². The van der Waals surface area contributed by atoms with Gasteiger partial charge in [0.2, 0.25) is 0 Å². The second-order valence-electron chi connectivity index (χ2n) is 6.08. The summed E-state index contributed by atoms with van der Waals surface area (Å²) >= 11 is 0. The van der Waals surface area contributed by atoms with Gasteiger partial charge < -0.3 is 15.2 Å². The number of hydrogen-bond acceptors (Lipinski definition) is 3. The Bertz CT molecular complexity index is 515. The standard InChI is InChI=1S/C17H23NO3/c19-11-14-4-2-1-3-5-15(14)18-17(20)13-6-7-16-12(10-13)8-9-21-16/h6-7,10,14-15,19H,1-5,8-9,11H2,(H,18,20). The number of carbonyl (C=O) groups excluding carboxylic acids is 1. The molecule has 0 aromatic heterocycles. The van der Waals surface area contributed by atoms with E-state index in [1.165, 1.54) is 6.42 Å². The molecule has 2 unspecified atom stereocenters. The molecule has 1 heterocycles. The van der Waals surface area contributed by atoms with Crippen molar-refractivity contribution in [3.63, 3.8) is 0 Å². The first-order chi connectivity index (χ1) is 10.3. The average Bonchev–Trinajstić information content (AvgIpc) is 2.86. The number of hydrogen-bond donors (Lipinski definition) is 2. The lowest BCUT2D eigenvalue weighted by Gasteiger charge is -2.24. The maximum Gasteiger partial charge on any atom is 0.251 e. The fourth-order valence-electron chi connectivity index (χ4n) is 3.37. The molecule has 4 heteroatoms. The van der Waals surface area contributed by atoms with E-state index in [4.69, 9.17) is 4.74 Å². The fraction of sp³-hybridized carbons (Fsp3) is 0.588. The lowest BCUT2D eigenvalue weighted by Crippen LogP contribution is -2.41. The van der Waals surface area contributed by atoms with Crippen LogP contribution in [0.1, 0.15) is 48.0 Å². The molecule has 21 heavy (non-hydrogen) atoms. The Morgan fingerprint density at radius 1 is 1.29 bits per heavy atom. The lowest BCUT2D eigenvalue weighted by molar-refractivity contribution is 0.0899. The van der Waals surface area contributed by atoms with Crippen LogP contribution in [0.2, 0.25) is 0 Å². The van der Waals surface area contributed by atoms with Gasteiger partial charge in [-0.3, -0.25) is 4.79 Å². The maximum atomic E-state index is 12.5. The van der Waals surface area contributed by atoms with Crippen LogP contribution < -0.4 is 10.1 Å². The molecule has 1 fully saturated rings. The van der Waals surface area contributed by atoms with Gasteiger partial charge in [-0.25, -0.2) is 0 Å². The van der Waals surface area contributed by atoms with Crippen LogP contribution >= 0.6 is 0 Å². The molecule has 4 nitrogen and oxygen atoms in total. The zero-order chi connectivity index (χ0) is 14.7. The molecule has 0 radical (unpaired) electrons. The molecular formula is C17H23NO3. The van der Waals surface area contributed by atoms with Gasteiger partial charge in [0.1, 0.15) is 5.75 Å². The first kappa shape index (κ1) is 14.4. The molecule has 1 aromatic rings. The van der Waals surface area contributed by atoms with Crippen LogP contribution in [0.3, 0.4) is 0 Å². The minimum atomic E-state index is -0.0324. The molecule has 1 saturated carbocycles. The van der Waals surface area contributed by atoms with Gasteiger partial charge in [0.15, 0.2) is 0 Å². The summed E-state index contributed by atoms with van der Waals surface area (Å²) in [5.41, 5.74) is 1.81. The van der Waals surface area contributed by atoms with Crippen LogP contribution in [0.15, 0.2) is 18.2 Å². The summed E-state index contributed by atoms with van der Waals surface area (Å²) in [5.74, 6) is 1.05. The highest BCUT2D eigenvalue weighted by Crippen LogP contribution is 2.27. The van der Waals surface area contributed by atoms with E-state index in [1.54, 1.807) is 0 Å². The predicted molar refractivity (Wildman–Crippen MR) is 80.6 cm³/mol. The molecule has 1 amide bonds. The van der Waals surface area contributed by atoms with E-state index < -0.39 is 0 Å². The van der Waals surface area contributed by atoms with Gasteiger partial charge in [-0.1, -0.05) is 19.3 Å². The number of aliphatic hydroxyl groups excluding tert-OH is 1. The highest BCUT2D eigenvalue weighted by molar-refractivity contribution is 5.94. The number of nitrogens with one attached hydrogen (secondary N) is 1. The number of aliphatic hydroxyl groups is 1. The van der Waals surface area contributed by atoms with Crippen molar-refractivity contribution in [3.05, 3.63) is 29.3 Å². The first-order valence-corrected chi connectivity index (χ1v) is 7.95. The summed E-state index contributed by atoms with van der Waals surface area (Å²) in [4.78, 5) is 12.5. The van der Waals surface area contributed by atoms with Crippen LogP contribution in [-0.2, 0) is 6.42 Å². The number of rotatable bonds is 3. The quantitative estimate of drug-likeness (QED) is 0.839. The van der Waals surface area contributed by atoms with Gasteiger partial charge in [0.25, 0.3) is 5.91 Å². The highest BCUT2D eigenvalue weighted by atomic mass is 16.5. The van der Waals surface area contributed by atoms with Crippen LogP contribution in [0, 0.1) is 5.92 Å². The number of amides is 1. The highest BCUT2D eigenvalue weighted by Gasteiger charge is 2.25. The molecule has 1 aromatic carbocycles. The number of benzene rings is 1. The third-order valence-electron chi connectivity index (χ3n) is 4.66. The summed E-state index contributed by atoms with van der Waals surface area (Å²) in [5, 5.41) is 12.7. The largest absolute Gasteiger partial charge is 0.493 e. The third kappa shape index (κ3) is 3.21. The van der Waals surface area contributed by atoms with E-state index in [0.717, 1.165) is 43.4 Å². The zero-order valence-corrected chi connectivity index (χ0v) is 12.3. The van der Waals surface area contributed by atoms with Crippen LogP contribution in [0.4, 0.5) is 0 Å². The van der Waals surface area contributed by atoms with Crippen LogP contribution in [-0.4, -0.2) is 30.3 Å². The van der Waals surface area contributed by atoms with E-state index in [0.29, 0.717) is 12.2 Å². The Labute approximate surface area is 125 Å². The second-order valence-corrected chi connectivity index (χ2v) is 6.08. The molecule has 0 bridgehead atoms. The molecular weight excluding hydrogens is 266 g/mol. The Hall–Kier alpha value is -1.55. The molecule has 0 spiro atoms. The summed E-state index contributed by atoms with van der Waals surface area (Å²) in [7, 11) is 0. The fourth-order valence-corrected chi connectivity index (χ4v) is 3.37. The molecule has 0 saturated heterocycles. The van der Waals surface area contributed by atoms with E-state index in [2.05, 4.69) is 5.32 Å². The van der Waals surface area contributed by atoms with Crippen molar-refractivity contribution in [1.29, 1.82) is 0 Å². The molecule has 1 aliphatic heterocycles. The van der Waals surface area contributed by atoms with E-state index in [-0.39, 0.29) is 24.5 Å². The molecule has 2 atom stereocenters. The number of carbonyl (C=O) groups is 1. The monoisotopic (exact) mass is 289 g/mol. The summed E-state index contributed by atoms with van der Waals surface area (Å²) in [6, 6.07) is 5.73. The number of fused-ring (bicyclic) bond motifs is 1.